The van der Waals surface area contributed by atoms with E-state index in [4.69, 9.17) is 5.11 Å². The topological polar surface area (TPSA) is 94.5 Å². The maximum Gasteiger partial charge on any atom is 0.416 e. The van der Waals surface area contributed by atoms with E-state index in [0.29, 0.717) is 34.6 Å². The first-order valence-corrected chi connectivity index (χ1v) is 14.9. The molecule has 0 aromatic heterocycles. The second-order valence-corrected chi connectivity index (χ2v) is 12.4. The fourth-order valence-electron chi connectivity index (χ4n) is 5.54. The number of quaternary nitrogens is 1. The van der Waals surface area contributed by atoms with Crippen LogP contribution < -0.4 is 10.2 Å². The largest absolute Gasteiger partial charge is 0.481 e. The molecule has 0 saturated carbocycles. The molecule has 1 aliphatic heterocycles. The van der Waals surface area contributed by atoms with Crippen LogP contribution in [0.25, 0.3) is 0 Å². The van der Waals surface area contributed by atoms with Crippen molar-refractivity contribution in [2.75, 3.05) is 18.0 Å². The van der Waals surface area contributed by atoms with Crippen LogP contribution in [-0.4, -0.2) is 35.2 Å². The van der Waals surface area contributed by atoms with Gasteiger partial charge in [0, 0.05) is 28.9 Å². The Hall–Kier alpha value is -4.32. The van der Waals surface area contributed by atoms with Gasteiger partial charge < -0.3 is 20.4 Å². The van der Waals surface area contributed by atoms with Crippen molar-refractivity contribution in [3.8, 4) is 0 Å². The molecule has 0 saturated heterocycles. The first-order valence-electron chi connectivity index (χ1n) is 14.9. The average molecular weight is 666 g/mol. The molecule has 47 heavy (non-hydrogen) atoms. The van der Waals surface area contributed by atoms with E-state index >= 15 is 0 Å². The van der Waals surface area contributed by atoms with Gasteiger partial charge >= 0.3 is 24.3 Å². The second-order valence-electron chi connectivity index (χ2n) is 12.4. The Balaban J connectivity index is 1.77. The van der Waals surface area contributed by atoms with Crippen LogP contribution in [-0.2, 0) is 32.8 Å². The molecule has 0 unspecified atom stereocenters. The van der Waals surface area contributed by atoms with Crippen LogP contribution in [0.15, 0.2) is 84.6 Å². The predicted molar refractivity (Wildman–Crippen MR) is 167 cm³/mol. The van der Waals surface area contributed by atoms with Crippen LogP contribution in [0.4, 0.5) is 37.7 Å². The molecule has 4 N–H and O–H groups in total. The maximum atomic E-state index is 13.5. The molecule has 0 aliphatic carbocycles. The Morgan fingerprint density at radius 3 is 2.02 bits per heavy atom. The molecule has 1 aliphatic rings. The summed E-state index contributed by atoms with van der Waals surface area (Å²) in [5.74, 6) is -2.03. The van der Waals surface area contributed by atoms with E-state index in [1.54, 1.807) is 60.5 Å². The number of carboxylic acid groups (broad SMARTS) is 2. The van der Waals surface area contributed by atoms with Gasteiger partial charge in [-0.25, -0.2) is 0 Å². The Labute approximate surface area is 269 Å². The summed E-state index contributed by atoms with van der Waals surface area (Å²) in [7, 11) is 0. The third kappa shape index (κ3) is 9.60. The average Bonchev–Trinajstić information content (AvgIpc) is 3.17. The number of alkyl halides is 6. The lowest BCUT2D eigenvalue weighted by atomic mass is 9.79. The van der Waals surface area contributed by atoms with Crippen LogP contribution in [0.1, 0.15) is 69.2 Å². The summed E-state index contributed by atoms with van der Waals surface area (Å²) in [5, 5.41) is 19.8. The van der Waals surface area contributed by atoms with Crippen LogP contribution in [0.5, 0.6) is 0 Å². The van der Waals surface area contributed by atoms with Crippen molar-refractivity contribution in [2.45, 2.75) is 70.1 Å². The van der Waals surface area contributed by atoms with Gasteiger partial charge in [0.2, 0.25) is 0 Å². The molecule has 3 rings (SSSR count). The summed E-state index contributed by atoms with van der Waals surface area (Å²) in [6.45, 7) is 7.45. The molecule has 0 spiro atoms. The number of fused-ring (bicyclic) bond motifs is 1. The lowest BCUT2D eigenvalue weighted by molar-refractivity contribution is -0.571. The van der Waals surface area contributed by atoms with Crippen LogP contribution in [0.2, 0.25) is 0 Å². The normalized spacial score (nSPS) is 16.2. The number of hydrogen-bond donors (Lipinski definition) is 3. The number of halogens is 6. The van der Waals surface area contributed by atoms with E-state index in [-0.39, 0.29) is 25.9 Å². The van der Waals surface area contributed by atoms with Crippen molar-refractivity contribution in [1.82, 2.24) is 0 Å². The minimum atomic E-state index is -4.53. The van der Waals surface area contributed by atoms with Crippen molar-refractivity contribution in [1.29, 1.82) is 0 Å². The molecule has 0 radical (unpaired) electrons. The summed E-state index contributed by atoms with van der Waals surface area (Å²) in [6, 6.07) is 6.93. The minimum absolute atomic E-state index is 0.0794. The molecule has 254 valence electrons. The highest BCUT2D eigenvalue weighted by molar-refractivity contribution is 5.74. The van der Waals surface area contributed by atoms with Gasteiger partial charge in [-0.15, -0.1) is 0 Å². The molecule has 1 heterocycles. The zero-order chi connectivity index (χ0) is 35.2. The van der Waals surface area contributed by atoms with Crippen molar-refractivity contribution in [3.63, 3.8) is 0 Å². The molecule has 0 amide bonds. The first kappa shape index (κ1) is 37.1. The lowest BCUT2D eigenvalue weighted by Gasteiger charge is -2.26. The van der Waals surface area contributed by atoms with Gasteiger partial charge in [-0.1, -0.05) is 64.2 Å². The van der Waals surface area contributed by atoms with Crippen molar-refractivity contribution in [3.05, 3.63) is 107 Å². The number of nitrogens with two attached hydrogens (primary N) is 1. The summed E-state index contributed by atoms with van der Waals surface area (Å²) in [4.78, 5) is 23.9. The fraction of sp³-hybridized carbons (Fsp3) is 0.371. The SMILES string of the molecule is CC(C)(C/C=C/C=C/C=C/C=C1/N(CCC(=O)O)c2ccc(C(F)(F)F)cc2C1(C)C)c1cc(C(F)(F)F)ccc1[NH2+]CCC(=O)O. The highest BCUT2D eigenvalue weighted by Crippen LogP contribution is 2.49. The van der Waals surface area contributed by atoms with Crippen LogP contribution >= 0.6 is 0 Å². The van der Waals surface area contributed by atoms with Crippen molar-refractivity contribution >= 4 is 23.3 Å². The molecular formula is C35H39F6N2O4+. The molecular weight excluding hydrogens is 626 g/mol. The predicted octanol–water partition coefficient (Wildman–Crippen LogP) is 7.89. The number of hydrogen-bond acceptors (Lipinski definition) is 3. The molecule has 2 aromatic rings. The van der Waals surface area contributed by atoms with Gasteiger partial charge in [-0.3, -0.25) is 9.59 Å². The Morgan fingerprint density at radius 1 is 0.830 bits per heavy atom. The number of nitrogens with zero attached hydrogens (tertiary/aromatic N) is 1. The van der Waals surface area contributed by atoms with Gasteiger partial charge in [0.05, 0.1) is 30.5 Å². The second kappa shape index (κ2) is 14.6. The van der Waals surface area contributed by atoms with E-state index in [9.17, 15) is 41.0 Å². The Kier molecular flexibility index (Phi) is 11.6. The number of carboxylic acids is 2. The molecule has 0 fully saturated rings. The lowest BCUT2D eigenvalue weighted by Crippen LogP contribution is -2.79. The zero-order valence-corrected chi connectivity index (χ0v) is 26.5. The molecule has 0 atom stereocenters. The molecule has 2 aromatic carbocycles. The summed E-state index contributed by atoms with van der Waals surface area (Å²) < 4.78 is 80.7. The van der Waals surface area contributed by atoms with Crippen molar-refractivity contribution < 1.29 is 51.5 Å². The van der Waals surface area contributed by atoms with Gasteiger partial charge in [-0.05, 0) is 59.9 Å². The first-order chi connectivity index (χ1) is 21.7. The van der Waals surface area contributed by atoms with Gasteiger partial charge in [0.25, 0.3) is 0 Å². The van der Waals surface area contributed by atoms with Gasteiger partial charge in [-0.2, -0.15) is 26.3 Å². The third-order valence-corrected chi connectivity index (χ3v) is 8.06. The summed E-state index contributed by atoms with van der Waals surface area (Å²) >= 11 is 0. The van der Waals surface area contributed by atoms with Crippen LogP contribution in [0.3, 0.4) is 0 Å². The number of aliphatic carboxylic acids is 2. The Bertz CT molecular complexity index is 1580. The van der Waals surface area contributed by atoms with E-state index in [2.05, 4.69) is 0 Å². The molecule has 12 heteroatoms. The highest BCUT2D eigenvalue weighted by atomic mass is 19.4. The zero-order valence-electron chi connectivity index (χ0n) is 26.5. The summed E-state index contributed by atoms with van der Waals surface area (Å²) in [6.07, 6.45) is 3.14. The molecule has 6 nitrogen and oxygen atoms in total. The number of carbonyl (C=O) groups is 2. The van der Waals surface area contributed by atoms with E-state index in [0.717, 1.165) is 24.3 Å². The third-order valence-electron chi connectivity index (χ3n) is 8.06. The van der Waals surface area contributed by atoms with E-state index in [1.165, 1.54) is 12.1 Å². The quantitative estimate of drug-likeness (QED) is 0.115. The number of anilines is 1. The minimum Gasteiger partial charge on any atom is -0.481 e. The Morgan fingerprint density at radius 2 is 1.40 bits per heavy atom. The number of rotatable bonds is 13. The van der Waals surface area contributed by atoms with Crippen molar-refractivity contribution in [2.24, 2.45) is 0 Å². The monoisotopic (exact) mass is 665 g/mol. The van der Waals surface area contributed by atoms with Crippen LogP contribution in [0, 0.1) is 0 Å². The summed E-state index contributed by atoms with van der Waals surface area (Å²) in [5.41, 5.74) is -0.492. The van der Waals surface area contributed by atoms with Gasteiger partial charge in [0.15, 0.2) is 0 Å². The maximum absolute atomic E-state index is 13.5. The van der Waals surface area contributed by atoms with Gasteiger partial charge in [0.1, 0.15) is 5.69 Å². The number of allylic oxidation sites excluding steroid dienone is 8. The smallest absolute Gasteiger partial charge is 0.416 e. The standard InChI is InChI=1S/C35H38F6N2O4/c1-32(2,25-21-23(34(36,37)38)12-14-27(25)42-19-16-30(44)45)18-10-8-6-5-7-9-11-29-33(3,4)26-22-24(35(39,40)41)13-15-28(26)43(29)20-17-31(46)47/h5-15,21-22,42H,16-20H2,1-4H3,(H,44,45)(H,46,47)/p+1/b6-5+,9-7+,10-8+,29-11+. The number of benzene rings is 2. The molecule has 0 bridgehead atoms. The fourth-order valence-corrected chi connectivity index (χ4v) is 5.54. The highest BCUT2D eigenvalue weighted by Gasteiger charge is 2.42. The van der Waals surface area contributed by atoms with E-state index < -0.39 is 46.2 Å². The van der Waals surface area contributed by atoms with E-state index in [1.807, 2.05) is 19.9 Å².